The van der Waals surface area contributed by atoms with Crippen LogP contribution in [-0.2, 0) is 20.8 Å². The molecule has 3 heterocycles. The summed E-state index contributed by atoms with van der Waals surface area (Å²) in [7, 11) is 0. The molecule has 1 saturated heterocycles. The number of urea groups is 1. The number of nitrogens with zero attached hydrogens (tertiary/aromatic N) is 4. The van der Waals surface area contributed by atoms with Crippen LogP contribution in [0.2, 0.25) is 0 Å². The standard InChI is InChI=1S/C32H32N6O8/c1-2-33-32(43)37-28-25-29(35-16-34-28)38(17-36-25)23-13-19(14-44-15-22-20(30(39)40)9-6-10-21(22)31(41)42)26-27(23)46-24(45-26)12-11-18-7-4-3-5-8-18/h3-12,16-17,19,23-24,26-27H,2,13-15H2,1H3,(H,39,40)(H,41,42)(H2,33,34,35,37,43)/t19?,23?,24-,26-,27?/m1/s1. The number of hydrogen-bond donors (Lipinski definition) is 4. The highest BCUT2D eigenvalue weighted by Gasteiger charge is 2.52. The molecular formula is C32H32N6O8. The Bertz CT molecular complexity index is 1740. The van der Waals surface area contributed by atoms with Crippen LogP contribution >= 0.6 is 0 Å². The number of fused-ring (bicyclic) bond motifs is 2. The number of carbonyl (C=O) groups is 3. The van der Waals surface area contributed by atoms with Crippen LogP contribution in [0.25, 0.3) is 17.2 Å². The number of hydrogen-bond acceptors (Lipinski definition) is 9. The molecule has 4 aromatic rings. The smallest absolute Gasteiger partial charge is 0.336 e. The lowest BCUT2D eigenvalue weighted by molar-refractivity contribution is -0.0586. The fourth-order valence-corrected chi connectivity index (χ4v) is 6.00. The summed E-state index contributed by atoms with van der Waals surface area (Å²) in [5.41, 5.74) is 1.73. The first kappa shape index (κ1) is 30.8. The minimum absolute atomic E-state index is 0.0882. The molecule has 1 saturated carbocycles. The van der Waals surface area contributed by atoms with Gasteiger partial charge in [-0.15, -0.1) is 0 Å². The maximum atomic E-state index is 12.2. The summed E-state index contributed by atoms with van der Waals surface area (Å²) in [5.74, 6) is -2.41. The van der Waals surface area contributed by atoms with Crippen LogP contribution in [-0.4, -0.2) is 79.4 Å². The van der Waals surface area contributed by atoms with Crippen LogP contribution < -0.4 is 10.6 Å². The summed E-state index contributed by atoms with van der Waals surface area (Å²) < 4.78 is 20.7. The van der Waals surface area contributed by atoms with E-state index >= 15 is 0 Å². The molecule has 46 heavy (non-hydrogen) atoms. The Kier molecular flexibility index (Phi) is 9.01. The first-order valence-electron chi connectivity index (χ1n) is 14.8. The highest BCUT2D eigenvalue weighted by Crippen LogP contribution is 2.45. The normalized spacial score (nSPS) is 22.2. The van der Waals surface area contributed by atoms with Crippen molar-refractivity contribution in [3.05, 3.63) is 89.5 Å². The van der Waals surface area contributed by atoms with Gasteiger partial charge in [0.15, 0.2) is 23.3 Å². The van der Waals surface area contributed by atoms with E-state index in [2.05, 4.69) is 25.6 Å². The van der Waals surface area contributed by atoms with Gasteiger partial charge >= 0.3 is 18.0 Å². The van der Waals surface area contributed by atoms with Gasteiger partial charge in [0.05, 0.1) is 42.8 Å². The molecule has 2 aromatic heterocycles. The predicted molar refractivity (Wildman–Crippen MR) is 164 cm³/mol. The minimum Gasteiger partial charge on any atom is -0.478 e. The number of ether oxygens (including phenoxy) is 3. The van der Waals surface area contributed by atoms with Crippen molar-refractivity contribution in [3.63, 3.8) is 0 Å². The van der Waals surface area contributed by atoms with Gasteiger partial charge in [0, 0.05) is 18.0 Å². The van der Waals surface area contributed by atoms with Gasteiger partial charge in [0.25, 0.3) is 0 Å². The lowest BCUT2D eigenvalue weighted by atomic mass is 10.0. The van der Waals surface area contributed by atoms with Crippen LogP contribution in [0.3, 0.4) is 0 Å². The fourth-order valence-electron chi connectivity index (χ4n) is 6.00. The zero-order chi connectivity index (χ0) is 32.2. The molecule has 0 spiro atoms. The number of aromatic nitrogens is 4. The largest absolute Gasteiger partial charge is 0.478 e. The first-order chi connectivity index (χ1) is 22.3. The van der Waals surface area contributed by atoms with Crippen LogP contribution in [0.1, 0.15) is 51.2 Å². The van der Waals surface area contributed by atoms with Crippen molar-refractivity contribution in [2.75, 3.05) is 18.5 Å². The third-order valence-electron chi connectivity index (χ3n) is 8.04. The van der Waals surface area contributed by atoms with Crippen molar-refractivity contribution in [1.29, 1.82) is 0 Å². The molecule has 2 fully saturated rings. The Labute approximate surface area is 263 Å². The van der Waals surface area contributed by atoms with E-state index in [0.717, 1.165) is 5.56 Å². The molecule has 2 amide bonds. The maximum absolute atomic E-state index is 12.2. The van der Waals surface area contributed by atoms with Gasteiger partial charge in [-0.05, 0) is 37.1 Å². The van der Waals surface area contributed by atoms with Gasteiger partial charge in [-0.2, -0.15) is 0 Å². The predicted octanol–water partition coefficient (Wildman–Crippen LogP) is 3.97. The number of imidazole rings is 1. The summed E-state index contributed by atoms with van der Waals surface area (Å²) in [6.45, 7) is 2.19. The minimum atomic E-state index is -1.24. The number of aromatic carboxylic acids is 2. The van der Waals surface area contributed by atoms with E-state index in [1.54, 1.807) is 6.33 Å². The SMILES string of the molecule is CCNC(=O)Nc1ncnc2c1ncn2C1CC(COCc2c(C(=O)O)cccc2C(=O)O)[C@H]2O[C@@H](C=Cc3ccccc3)OC12. The Balaban J connectivity index is 1.26. The second-order valence-electron chi connectivity index (χ2n) is 10.9. The topological polar surface area (TPSA) is 187 Å². The third-order valence-corrected chi connectivity index (χ3v) is 8.04. The van der Waals surface area contributed by atoms with Crippen molar-refractivity contribution >= 4 is 41.0 Å². The Morgan fingerprint density at radius 1 is 1.00 bits per heavy atom. The Hall–Kier alpha value is -5.18. The van der Waals surface area contributed by atoms with E-state index in [-0.39, 0.29) is 47.7 Å². The van der Waals surface area contributed by atoms with Crippen LogP contribution in [0.5, 0.6) is 0 Å². The Morgan fingerprint density at radius 3 is 2.46 bits per heavy atom. The zero-order valence-electron chi connectivity index (χ0n) is 24.8. The summed E-state index contributed by atoms with van der Waals surface area (Å²) in [6, 6.07) is 13.2. The molecule has 1 aliphatic heterocycles. The van der Waals surface area contributed by atoms with E-state index in [1.807, 2.05) is 54.0 Å². The number of carboxylic acids is 2. The third kappa shape index (κ3) is 6.31. The van der Waals surface area contributed by atoms with Gasteiger partial charge in [-0.1, -0.05) is 42.5 Å². The van der Waals surface area contributed by atoms with Crippen molar-refractivity contribution in [1.82, 2.24) is 24.8 Å². The molecule has 6 rings (SSSR count). The van der Waals surface area contributed by atoms with Crippen molar-refractivity contribution in [2.24, 2.45) is 5.92 Å². The molecule has 1 aliphatic carbocycles. The van der Waals surface area contributed by atoms with Crippen LogP contribution in [0.15, 0.2) is 67.3 Å². The number of nitrogens with one attached hydrogen (secondary N) is 2. The van der Waals surface area contributed by atoms with Crippen molar-refractivity contribution in [3.8, 4) is 0 Å². The molecule has 5 atom stereocenters. The van der Waals surface area contributed by atoms with E-state index in [9.17, 15) is 24.6 Å². The Morgan fingerprint density at radius 2 is 1.74 bits per heavy atom. The summed E-state index contributed by atoms with van der Waals surface area (Å²) >= 11 is 0. The van der Waals surface area contributed by atoms with Gasteiger partial charge in [0.2, 0.25) is 0 Å². The molecular weight excluding hydrogens is 596 g/mol. The molecule has 14 heteroatoms. The number of anilines is 1. The number of amides is 2. The highest BCUT2D eigenvalue weighted by atomic mass is 16.7. The van der Waals surface area contributed by atoms with Crippen LogP contribution in [0.4, 0.5) is 10.6 Å². The van der Waals surface area contributed by atoms with Gasteiger partial charge < -0.3 is 34.3 Å². The average Bonchev–Trinajstić information content (AvgIpc) is 3.75. The lowest BCUT2D eigenvalue weighted by Crippen LogP contribution is -2.29. The fraction of sp³-hybridized carbons (Fsp3) is 0.312. The number of carbonyl (C=O) groups excluding carboxylic acids is 1. The second-order valence-corrected chi connectivity index (χ2v) is 10.9. The quantitative estimate of drug-likeness (QED) is 0.188. The average molecular weight is 629 g/mol. The molecule has 14 nitrogen and oxygen atoms in total. The van der Waals surface area contributed by atoms with Gasteiger partial charge in [-0.25, -0.2) is 29.3 Å². The lowest BCUT2D eigenvalue weighted by Gasteiger charge is -2.20. The van der Waals surface area contributed by atoms with E-state index in [1.165, 1.54) is 24.5 Å². The summed E-state index contributed by atoms with van der Waals surface area (Å²) in [4.78, 5) is 49.0. The van der Waals surface area contributed by atoms with E-state index in [0.29, 0.717) is 24.1 Å². The van der Waals surface area contributed by atoms with Gasteiger partial charge in [-0.3, -0.25) is 5.32 Å². The molecule has 0 bridgehead atoms. The van der Waals surface area contributed by atoms with E-state index in [4.69, 9.17) is 14.2 Å². The summed E-state index contributed by atoms with van der Waals surface area (Å²) in [6.07, 6.45) is 5.80. The monoisotopic (exact) mass is 628 g/mol. The van der Waals surface area contributed by atoms with Gasteiger partial charge in [0.1, 0.15) is 12.4 Å². The molecule has 0 radical (unpaired) electrons. The van der Waals surface area contributed by atoms with Crippen LogP contribution in [0, 0.1) is 5.92 Å². The first-order valence-corrected chi connectivity index (χ1v) is 14.8. The molecule has 2 aliphatic rings. The number of rotatable bonds is 11. The second kappa shape index (κ2) is 13.4. The molecule has 3 unspecified atom stereocenters. The molecule has 4 N–H and O–H groups in total. The van der Waals surface area contributed by atoms with Crippen molar-refractivity contribution in [2.45, 2.75) is 44.5 Å². The maximum Gasteiger partial charge on any atom is 0.336 e. The molecule has 2 aromatic carbocycles. The zero-order valence-corrected chi connectivity index (χ0v) is 24.8. The number of benzene rings is 2. The van der Waals surface area contributed by atoms with Crippen molar-refractivity contribution < 1.29 is 38.8 Å². The van der Waals surface area contributed by atoms with E-state index < -0.39 is 36.5 Å². The highest BCUT2D eigenvalue weighted by molar-refractivity contribution is 5.97. The number of carboxylic acid groups (broad SMARTS) is 2. The molecule has 238 valence electrons. The summed E-state index contributed by atoms with van der Waals surface area (Å²) in [5, 5.41) is 24.7.